The van der Waals surface area contributed by atoms with Gasteiger partial charge in [-0.3, -0.25) is 0 Å². The summed E-state index contributed by atoms with van der Waals surface area (Å²) in [6.07, 6.45) is 7.86. The third-order valence-corrected chi connectivity index (χ3v) is 4.31. The van der Waals surface area contributed by atoms with Gasteiger partial charge in [0.25, 0.3) is 0 Å². The molecular weight excluding hydrogens is 268 g/mol. The third kappa shape index (κ3) is 5.21. The number of carboxylic acid groups (broad SMARTS) is 1. The van der Waals surface area contributed by atoms with Gasteiger partial charge >= 0.3 is 12.0 Å². The third-order valence-electron chi connectivity index (χ3n) is 4.31. The summed E-state index contributed by atoms with van der Waals surface area (Å²) in [4.78, 5) is 25.9. The fraction of sp³-hybridized carbons (Fsp3) is 0.875. The van der Waals surface area contributed by atoms with Crippen LogP contribution in [0.2, 0.25) is 0 Å². The van der Waals surface area contributed by atoms with Crippen molar-refractivity contribution in [3.05, 3.63) is 0 Å². The minimum Gasteiger partial charge on any atom is -0.480 e. The Hall–Kier alpha value is -1.26. The molecule has 0 aromatic heterocycles. The molecule has 21 heavy (non-hydrogen) atoms. The van der Waals surface area contributed by atoms with E-state index in [0.717, 1.165) is 44.9 Å². The molecular formula is C16H30N2O3. The lowest BCUT2D eigenvalue weighted by atomic mass is 9.82. The summed E-state index contributed by atoms with van der Waals surface area (Å²) < 4.78 is 0. The van der Waals surface area contributed by atoms with E-state index in [4.69, 9.17) is 0 Å². The number of rotatable bonds is 8. The van der Waals surface area contributed by atoms with Gasteiger partial charge in [0, 0.05) is 13.1 Å². The van der Waals surface area contributed by atoms with Crippen LogP contribution >= 0.6 is 0 Å². The number of carbonyl (C=O) groups is 2. The summed E-state index contributed by atoms with van der Waals surface area (Å²) in [6.45, 7) is 5.60. The molecule has 2 N–H and O–H groups in total. The van der Waals surface area contributed by atoms with Gasteiger partial charge in [0.15, 0.2) is 0 Å². The van der Waals surface area contributed by atoms with E-state index in [1.807, 2.05) is 0 Å². The molecule has 0 aromatic rings. The van der Waals surface area contributed by atoms with Gasteiger partial charge in [-0.2, -0.15) is 0 Å². The predicted molar refractivity (Wildman–Crippen MR) is 83.4 cm³/mol. The molecule has 0 heterocycles. The Morgan fingerprint density at radius 3 is 2.00 bits per heavy atom. The van der Waals surface area contributed by atoms with E-state index in [-0.39, 0.29) is 6.03 Å². The normalized spacial score (nSPS) is 17.2. The zero-order valence-electron chi connectivity index (χ0n) is 13.5. The minimum atomic E-state index is -1.05. The molecule has 0 radical (unpaired) electrons. The summed E-state index contributed by atoms with van der Waals surface area (Å²) in [5.41, 5.74) is -1.05. The lowest BCUT2D eigenvalue weighted by molar-refractivity contribution is -0.146. The van der Waals surface area contributed by atoms with E-state index in [1.54, 1.807) is 4.90 Å². The fourth-order valence-electron chi connectivity index (χ4n) is 2.84. The highest BCUT2D eigenvalue weighted by Gasteiger charge is 2.41. The van der Waals surface area contributed by atoms with Gasteiger partial charge in [0.1, 0.15) is 5.54 Å². The van der Waals surface area contributed by atoms with Gasteiger partial charge in [-0.15, -0.1) is 0 Å². The Labute approximate surface area is 128 Å². The Kier molecular flexibility index (Phi) is 7.54. The first-order chi connectivity index (χ1) is 10.1. The topological polar surface area (TPSA) is 69.6 Å². The summed E-state index contributed by atoms with van der Waals surface area (Å²) in [5, 5.41) is 12.4. The second-order valence-corrected chi connectivity index (χ2v) is 6.07. The molecule has 5 heteroatoms. The van der Waals surface area contributed by atoms with Crippen molar-refractivity contribution in [1.29, 1.82) is 0 Å². The Balaban J connectivity index is 2.69. The molecule has 0 spiro atoms. The van der Waals surface area contributed by atoms with E-state index in [0.29, 0.717) is 25.9 Å². The fourth-order valence-corrected chi connectivity index (χ4v) is 2.84. The Morgan fingerprint density at radius 2 is 1.57 bits per heavy atom. The zero-order valence-corrected chi connectivity index (χ0v) is 13.5. The second kappa shape index (κ2) is 8.90. The van der Waals surface area contributed by atoms with E-state index in [9.17, 15) is 14.7 Å². The number of carbonyl (C=O) groups excluding carboxylic acids is 1. The maximum Gasteiger partial charge on any atom is 0.329 e. The van der Waals surface area contributed by atoms with Crippen LogP contribution in [0.4, 0.5) is 4.79 Å². The number of amides is 2. The van der Waals surface area contributed by atoms with Crippen LogP contribution in [-0.2, 0) is 4.79 Å². The summed E-state index contributed by atoms with van der Waals surface area (Å²) >= 11 is 0. The molecule has 0 saturated heterocycles. The molecule has 0 atom stereocenters. The lowest BCUT2D eigenvalue weighted by Crippen LogP contribution is -2.59. The van der Waals surface area contributed by atoms with Gasteiger partial charge in [-0.05, 0) is 25.7 Å². The summed E-state index contributed by atoms with van der Waals surface area (Å²) in [6, 6.07) is -0.207. The monoisotopic (exact) mass is 298 g/mol. The number of urea groups is 1. The molecule has 0 aliphatic heterocycles. The molecule has 2 amide bonds. The molecule has 1 aliphatic carbocycles. The smallest absolute Gasteiger partial charge is 0.329 e. The summed E-state index contributed by atoms with van der Waals surface area (Å²) in [7, 11) is 0. The quantitative estimate of drug-likeness (QED) is 0.721. The van der Waals surface area contributed by atoms with Crippen LogP contribution in [-0.4, -0.2) is 40.6 Å². The maximum absolute atomic E-state index is 12.5. The van der Waals surface area contributed by atoms with Crippen LogP contribution in [0.1, 0.15) is 71.6 Å². The molecule has 0 unspecified atom stereocenters. The molecule has 0 aromatic carbocycles. The highest BCUT2D eigenvalue weighted by molar-refractivity contribution is 5.86. The number of hydrogen-bond donors (Lipinski definition) is 2. The molecule has 1 rings (SSSR count). The van der Waals surface area contributed by atoms with Gasteiger partial charge in [-0.1, -0.05) is 46.0 Å². The van der Waals surface area contributed by atoms with Gasteiger partial charge < -0.3 is 15.3 Å². The van der Waals surface area contributed by atoms with E-state index >= 15 is 0 Å². The number of hydrogen-bond acceptors (Lipinski definition) is 2. The second-order valence-electron chi connectivity index (χ2n) is 6.07. The minimum absolute atomic E-state index is 0.207. The van der Waals surface area contributed by atoms with Crippen molar-refractivity contribution in [1.82, 2.24) is 10.2 Å². The van der Waals surface area contributed by atoms with E-state index < -0.39 is 11.5 Å². The van der Waals surface area contributed by atoms with Crippen molar-refractivity contribution in [3.8, 4) is 0 Å². The summed E-state index contributed by atoms with van der Waals surface area (Å²) in [5.74, 6) is -0.888. The Morgan fingerprint density at radius 1 is 1.05 bits per heavy atom. The van der Waals surface area contributed by atoms with Crippen LogP contribution in [0.3, 0.4) is 0 Å². The van der Waals surface area contributed by atoms with Crippen LogP contribution in [0.25, 0.3) is 0 Å². The van der Waals surface area contributed by atoms with Crippen molar-refractivity contribution in [3.63, 3.8) is 0 Å². The molecule has 1 fully saturated rings. The van der Waals surface area contributed by atoms with Crippen LogP contribution in [0.15, 0.2) is 0 Å². The zero-order chi connectivity index (χ0) is 15.7. The lowest BCUT2D eigenvalue weighted by Gasteiger charge is -2.36. The van der Waals surface area contributed by atoms with Crippen LogP contribution < -0.4 is 5.32 Å². The standard InChI is InChI=1S/C16H30N2O3/c1-3-5-12-18(13-6-4-2)15(21)17-16(14(19)20)10-8-7-9-11-16/h3-13H2,1-2H3,(H,17,21)(H,19,20). The van der Waals surface area contributed by atoms with Gasteiger partial charge in [0.05, 0.1) is 0 Å². The first-order valence-corrected chi connectivity index (χ1v) is 8.36. The van der Waals surface area contributed by atoms with E-state index in [2.05, 4.69) is 19.2 Å². The average Bonchev–Trinajstić information content (AvgIpc) is 2.48. The molecule has 122 valence electrons. The highest BCUT2D eigenvalue weighted by Crippen LogP contribution is 2.28. The number of nitrogens with one attached hydrogen (secondary N) is 1. The Bertz CT molecular complexity index is 330. The van der Waals surface area contributed by atoms with Crippen LogP contribution in [0, 0.1) is 0 Å². The molecule has 1 saturated carbocycles. The number of carboxylic acids is 1. The number of unbranched alkanes of at least 4 members (excludes halogenated alkanes) is 2. The number of aliphatic carboxylic acids is 1. The predicted octanol–water partition coefficient (Wildman–Crippen LogP) is 3.39. The van der Waals surface area contributed by atoms with Crippen molar-refractivity contribution in [2.24, 2.45) is 0 Å². The molecule has 0 bridgehead atoms. The molecule has 5 nitrogen and oxygen atoms in total. The van der Waals surface area contributed by atoms with Gasteiger partial charge in [0.2, 0.25) is 0 Å². The molecule has 1 aliphatic rings. The van der Waals surface area contributed by atoms with Crippen LogP contribution in [0.5, 0.6) is 0 Å². The average molecular weight is 298 g/mol. The first kappa shape index (κ1) is 17.8. The van der Waals surface area contributed by atoms with Crippen molar-refractivity contribution >= 4 is 12.0 Å². The van der Waals surface area contributed by atoms with Gasteiger partial charge in [-0.25, -0.2) is 9.59 Å². The largest absolute Gasteiger partial charge is 0.480 e. The first-order valence-electron chi connectivity index (χ1n) is 8.36. The highest BCUT2D eigenvalue weighted by atomic mass is 16.4. The van der Waals surface area contributed by atoms with Crippen molar-refractivity contribution in [2.75, 3.05) is 13.1 Å². The van der Waals surface area contributed by atoms with Crippen molar-refractivity contribution < 1.29 is 14.7 Å². The van der Waals surface area contributed by atoms with Crippen molar-refractivity contribution in [2.45, 2.75) is 77.2 Å². The number of nitrogens with zero attached hydrogens (tertiary/aromatic N) is 1. The SMILES string of the molecule is CCCCN(CCCC)C(=O)NC1(C(=O)O)CCCCC1. The maximum atomic E-state index is 12.5. The van der Waals surface area contributed by atoms with E-state index in [1.165, 1.54) is 0 Å².